The van der Waals surface area contributed by atoms with Gasteiger partial charge in [-0.25, -0.2) is 20.8 Å². The molecule has 0 amide bonds. The van der Waals surface area contributed by atoms with E-state index >= 15 is 0 Å². The fourth-order valence-corrected chi connectivity index (χ4v) is 3.83. The van der Waals surface area contributed by atoms with Crippen LogP contribution in [-0.2, 0) is 14.0 Å². The third-order valence-electron chi connectivity index (χ3n) is 5.54. The number of hydrogen-bond acceptors (Lipinski definition) is 9. The minimum absolute atomic E-state index is 0.0533. The van der Waals surface area contributed by atoms with E-state index in [4.69, 9.17) is 25.6 Å². The molecule has 2 aromatic heterocycles. The number of anilines is 1. The Labute approximate surface area is 158 Å². The molecule has 11 heteroatoms. The third kappa shape index (κ3) is 3.58. The van der Waals surface area contributed by atoms with Gasteiger partial charge in [0.15, 0.2) is 26.0 Å². The first-order valence-corrected chi connectivity index (χ1v) is 11.7. The summed E-state index contributed by atoms with van der Waals surface area (Å²) in [5.41, 5.74) is 6.74. The van der Waals surface area contributed by atoms with Crippen molar-refractivity contribution < 1.29 is 19.1 Å². The smallest absolute Gasteiger partial charge is 0.192 e. The minimum Gasteiger partial charge on any atom is -0.414 e. The van der Waals surface area contributed by atoms with Crippen molar-refractivity contribution in [3.05, 3.63) is 12.7 Å². The summed E-state index contributed by atoms with van der Waals surface area (Å²) in [6.07, 6.45) is -0.208. The lowest BCUT2D eigenvalue weighted by molar-refractivity contribution is -0.0589. The molecule has 2 aromatic rings. The van der Waals surface area contributed by atoms with Crippen LogP contribution in [0.3, 0.4) is 0 Å². The molecule has 2 unspecified atom stereocenters. The first kappa shape index (κ1) is 20.1. The number of nitrogens with zero attached hydrogens (tertiary/aromatic N) is 4. The summed E-state index contributed by atoms with van der Waals surface area (Å²) in [7, 11) is -1.99. The van der Waals surface area contributed by atoms with Gasteiger partial charge in [0.1, 0.15) is 30.2 Å². The van der Waals surface area contributed by atoms with Crippen LogP contribution in [0.5, 0.6) is 0 Å². The molecular formula is C16H28N6O4Si. The van der Waals surface area contributed by atoms with E-state index in [0.717, 1.165) is 0 Å². The first-order chi connectivity index (χ1) is 12.6. The summed E-state index contributed by atoms with van der Waals surface area (Å²) < 4.78 is 13.9. The zero-order chi connectivity index (χ0) is 20.0. The van der Waals surface area contributed by atoms with Crippen LogP contribution in [0, 0.1) is 0 Å². The van der Waals surface area contributed by atoms with E-state index in [9.17, 15) is 5.11 Å². The van der Waals surface area contributed by atoms with Crippen LogP contribution in [0.4, 0.5) is 5.82 Å². The normalized spacial score (nSPS) is 26.8. The Kier molecular flexibility index (Phi) is 5.27. The lowest BCUT2D eigenvalue weighted by Gasteiger charge is -2.37. The van der Waals surface area contributed by atoms with Crippen LogP contribution in [-0.4, -0.2) is 57.9 Å². The van der Waals surface area contributed by atoms with Crippen molar-refractivity contribution >= 4 is 25.3 Å². The van der Waals surface area contributed by atoms with Crippen LogP contribution in [0.15, 0.2) is 12.7 Å². The molecule has 4 atom stereocenters. The van der Waals surface area contributed by atoms with E-state index in [1.807, 2.05) is 0 Å². The number of imidazole rings is 1. The second-order valence-electron chi connectivity index (χ2n) is 8.31. The van der Waals surface area contributed by atoms with Crippen LogP contribution >= 0.6 is 0 Å². The number of fused-ring (bicyclic) bond motifs is 1. The molecule has 0 aliphatic carbocycles. The average Bonchev–Trinajstić information content (AvgIpc) is 3.13. The number of aliphatic hydroxyl groups is 1. The van der Waals surface area contributed by atoms with Crippen molar-refractivity contribution in [1.82, 2.24) is 19.5 Å². The van der Waals surface area contributed by atoms with Crippen molar-refractivity contribution in [2.24, 2.45) is 5.90 Å². The van der Waals surface area contributed by atoms with Crippen LogP contribution in [0.25, 0.3) is 11.2 Å². The molecular weight excluding hydrogens is 368 g/mol. The highest BCUT2D eigenvalue weighted by Gasteiger charge is 2.47. The molecule has 0 saturated carbocycles. The van der Waals surface area contributed by atoms with E-state index in [0.29, 0.717) is 11.2 Å². The van der Waals surface area contributed by atoms with E-state index in [1.54, 1.807) is 4.57 Å². The predicted octanol–water partition coefficient (Wildman–Crippen LogP) is 0.948. The SMILES string of the molecule is CC(C)(C)[Si](C)(C)OC[C@H]1O[C@@H](n2cnc3c(N)ncnc32)C(O)C1ON. The van der Waals surface area contributed by atoms with Gasteiger partial charge in [0, 0.05) is 0 Å². The molecule has 150 valence electrons. The van der Waals surface area contributed by atoms with Crippen molar-refractivity contribution in [3.8, 4) is 0 Å². The molecule has 1 aliphatic heterocycles. The molecule has 1 saturated heterocycles. The molecule has 10 nitrogen and oxygen atoms in total. The second-order valence-corrected chi connectivity index (χ2v) is 13.1. The first-order valence-electron chi connectivity index (χ1n) is 8.83. The Bertz CT molecular complexity index is 808. The molecule has 0 radical (unpaired) electrons. The second kappa shape index (κ2) is 7.07. The lowest BCUT2D eigenvalue weighted by atomic mass is 10.1. The van der Waals surface area contributed by atoms with Crippen molar-refractivity contribution in [2.75, 3.05) is 12.3 Å². The summed E-state index contributed by atoms with van der Waals surface area (Å²) >= 11 is 0. The number of aliphatic hydroxyl groups excluding tert-OH is 1. The molecule has 3 heterocycles. The van der Waals surface area contributed by atoms with Gasteiger partial charge in [-0.3, -0.25) is 9.40 Å². The van der Waals surface area contributed by atoms with Crippen molar-refractivity contribution in [1.29, 1.82) is 0 Å². The summed E-state index contributed by atoms with van der Waals surface area (Å²) in [4.78, 5) is 17.4. The highest BCUT2D eigenvalue weighted by molar-refractivity contribution is 6.74. The predicted molar refractivity (Wildman–Crippen MR) is 102 cm³/mol. The molecule has 0 aromatic carbocycles. The maximum atomic E-state index is 10.7. The topological polar surface area (TPSA) is 144 Å². The highest BCUT2D eigenvalue weighted by atomic mass is 28.4. The number of hydrogen-bond donors (Lipinski definition) is 3. The molecule has 1 fully saturated rings. The Morgan fingerprint density at radius 2 is 2.00 bits per heavy atom. The number of nitrogen functional groups attached to an aromatic ring is 1. The van der Waals surface area contributed by atoms with Gasteiger partial charge in [-0.1, -0.05) is 20.8 Å². The summed E-state index contributed by atoms with van der Waals surface area (Å²) in [5, 5.41) is 10.8. The Balaban J connectivity index is 1.82. The van der Waals surface area contributed by atoms with Crippen LogP contribution < -0.4 is 11.6 Å². The molecule has 5 N–H and O–H groups in total. The lowest BCUT2D eigenvalue weighted by Crippen LogP contribution is -2.45. The number of nitrogens with two attached hydrogens (primary N) is 2. The molecule has 0 bridgehead atoms. The molecule has 0 spiro atoms. The maximum Gasteiger partial charge on any atom is 0.192 e. The number of ether oxygens (including phenoxy) is 1. The van der Waals surface area contributed by atoms with Gasteiger partial charge in [0.05, 0.1) is 12.9 Å². The quantitative estimate of drug-likeness (QED) is 0.497. The zero-order valence-electron chi connectivity index (χ0n) is 16.3. The number of aromatic nitrogens is 4. The van der Waals surface area contributed by atoms with E-state index in [-0.39, 0.29) is 17.5 Å². The zero-order valence-corrected chi connectivity index (χ0v) is 17.3. The minimum atomic E-state index is -1.99. The van der Waals surface area contributed by atoms with Crippen LogP contribution in [0.1, 0.15) is 27.0 Å². The third-order valence-corrected chi connectivity index (χ3v) is 10.0. The van der Waals surface area contributed by atoms with Gasteiger partial charge in [-0.2, -0.15) is 0 Å². The highest BCUT2D eigenvalue weighted by Crippen LogP contribution is 2.38. The van der Waals surface area contributed by atoms with E-state index < -0.39 is 32.9 Å². The van der Waals surface area contributed by atoms with Gasteiger partial charge in [0.25, 0.3) is 0 Å². The average molecular weight is 397 g/mol. The number of rotatable bonds is 5. The Morgan fingerprint density at radius 1 is 1.30 bits per heavy atom. The monoisotopic (exact) mass is 396 g/mol. The van der Waals surface area contributed by atoms with Gasteiger partial charge < -0.3 is 20.0 Å². The Morgan fingerprint density at radius 3 is 2.63 bits per heavy atom. The Hall–Kier alpha value is -1.63. The summed E-state index contributed by atoms with van der Waals surface area (Å²) in [5.74, 6) is 5.70. The van der Waals surface area contributed by atoms with Gasteiger partial charge in [-0.15, -0.1) is 0 Å². The largest absolute Gasteiger partial charge is 0.414 e. The van der Waals surface area contributed by atoms with Gasteiger partial charge in [0.2, 0.25) is 0 Å². The van der Waals surface area contributed by atoms with Crippen molar-refractivity contribution in [2.45, 2.75) is 63.4 Å². The summed E-state index contributed by atoms with van der Waals surface area (Å²) in [6, 6.07) is 0. The van der Waals surface area contributed by atoms with Gasteiger partial charge in [-0.05, 0) is 18.1 Å². The van der Waals surface area contributed by atoms with Crippen molar-refractivity contribution in [3.63, 3.8) is 0 Å². The molecule has 3 rings (SSSR count). The molecule has 1 aliphatic rings. The fraction of sp³-hybridized carbons (Fsp3) is 0.688. The van der Waals surface area contributed by atoms with Gasteiger partial charge >= 0.3 is 0 Å². The fourth-order valence-electron chi connectivity index (χ4n) is 2.81. The standard InChI is InChI=1S/C16H28N6O4Si/c1-16(2,3)27(4,5)24-6-9-12(26-18)11(23)15(25-9)22-8-21-10-13(17)19-7-20-14(10)22/h7-9,11-12,15,23H,6,18H2,1-5H3,(H2,17,19,20)/t9-,11?,12?,15-/m1/s1. The van der Waals surface area contributed by atoms with E-state index in [1.165, 1.54) is 12.7 Å². The van der Waals surface area contributed by atoms with E-state index in [2.05, 4.69) is 48.8 Å². The van der Waals surface area contributed by atoms with Crippen LogP contribution in [0.2, 0.25) is 18.1 Å². The summed E-state index contributed by atoms with van der Waals surface area (Å²) in [6.45, 7) is 11.0. The maximum absolute atomic E-state index is 10.7. The molecule has 27 heavy (non-hydrogen) atoms.